The van der Waals surface area contributed by atoms with Gasteiger partial charge in [0, 0.05) is 11.4 Å². The first-order valence-electron chi connectivity index (χ1n) is 10.5. The molecule has 0 N–H and O–H groups in total. The lowest BCUT2D eigenvalue weighted by Crippen LogP contribution is -2.08. The highest BCUT2D eigenvalue weighted by Crippen LogP contribution is 2.14. The molecule has 5 nitrogen and oxygen atoms in total. The summed E-state index contributed by atoms with van der Waals surface area (Å²) in [4.78, 5) is 4.68. The summed E-state index contributed by atoms with van der Waals surface area (Å²) >= 11 is 2.32. The van der Waals surface area contributed by atoms with Crippen LogP contribution in [-0.2, 0) is 12.8 Å². The zero-order chi connectivity index (χ0) is 21.3. The first kappa shape index (κ1) is 22.9. The SMILES string of the molecule is CCCCc1ccc(P)n1/N=C/c1cccc(/C=N/n2c(I)ccc2CCCC)n1. The first-order valence-corrected chi connectivity index (χ1v) is 12.2. The zero-order valence-corrected chi connectivity index (χ0v) is 20.9. The predicted molar refractivity (Wildman–Crippen MR) is 138 cm³/mol. The fourth-order valence-corrected chi connectivity index (χ4v) is 4.09. The quantitative estimate of drug-likeness (QED) is 0.200. The largest absolute Gasteiger partial charge is 0.246 e. The van der Waals surface area contributed by atoms with Crippen LogP contribution in [0.5, 0.6) is 0 Å². The maximum atomic E-state index is 4.68. The van der Waals surface area contributed by atoms with Crippen LogP contribution in [-0.4, -0.2) is 26.8 Å². The minimum atomic E-state index is 0.812. The highest BCUT2D eigenvalue weighted by molar-refractivity contribution is 14.1. The summed E-state index contributed by atoms with van der Waals surface area (Å²) in [6.07, 6.45) is 10.4. The molecule has 30 heavy (non-hydrogen) atoms. The monoisotopic (exact) mass is 533 g/mol. The van der Waals surface area contributed by atoms with Gasteiger partial charge in [0.15, 0.2) is 0 Å². The number of halogens is 1. The van der Waals surface area contributed by atoms with Crippen molar-refractivity contribution in [2.24, 2.45) is 10.2 Å². The second-order valence-electron chi connectivity index (χ2n) is 7.20. The molecule has 3 aromatic rings. The molecule has 0 radical (unpaired) electrons. The van der Waals surface area contributed by atoms with E-state index in [4.69, 9.17) is 0 Å². The Labute approximate surface area is 195 Å². The second kappa shape index (κ2) is 11.6. The van der Waals surface area contributed by atoms with Crippen molar-refractivity contribution in [2.75, 3.05) is 0 Å². The van der Waals surface area contributed by atoms with Gasteiger partial charge in [0.1, 0.15) is 3.70 Å². The van der Waals surface area contributed by atoms with Gasteiger partial charge in [-0.2, -0.15) is 10.2 Å². The number of unbranched alkanes of at least 4 members (excludes halogenated alkanes) is 2. The lowest BCUT2D eigenvalue weighted by Gasteiger charge is -2.05. The Morgan fingerprint density at radius 2 is 1.43 bits per heavy atom. The van der Waals surface area contributed by atoms with Gasteiger partial charge in [-0.15, -0.1) is 0 Å². The van der Waals surface area contributed by atoms with E-state index >= 15 is 0 Å². The van der Waals surface area contributed by atoms with Crippen LogP contribution in [0.4, 0.5) is 0 Å². The zero-order valence-electron chi connectivity index (χ0n) is 17.6. The Hall–Kier alpha value is -1.79. The highest BCUT2D eigenvalue weighted by atomic mass is 127. The van der Waals surface area contributed by atoms with Crippen molar-refractivity contribution < 1.29 is 0 Å². The molecular formula is C23H29IN5P. The topological polar surface area (TPSA) is 47.5 Å². The molecule has 3 heterocycles. The molecule has 158 valence electrons. The number of hydrogen-bond acceptors (Lipinski definition) is 3. The Balaban J connectivity index is 1.76. The van der Waals surface area contributed by atoms with Crippen LogP contribution in [0, 0.1) is 3.70 Å². The van der Waals surface area contributed by atoms with E-state index < -0.39 is 0 Å². The molecule has 3 rings (SSSR count). The van der Waals surface area contributed by atoms with Crippen LogP contribution in [0.2, 0.25) is 0 Å². The van der Waals surface area contributed by atoms with E-state index in [0.29, 0.717) is 0 Å². The van der Waals surface area contributed by atoms with Crippen molar-refractivity contribution >= 4 is 49.7 Å². The summed E-state index contributed by atoms with van der Waals surface area (Å²) in [6, 6.07) is 14.4. The molecule has 0 aliphatic rings. The molecule has 1 unspecified atom stereocenters. The van der Waals surface area contributed by atoms with Gasteiger partial charge < -0.3 is 0 Å². The van der Waals surface area contributed by atoms with Crippen LogP contribution in [0.1, 0.15) is 62.3 Å². The third-order valence-corrected chi connectivity index (χ3v) is 6.08. The van der Waals surface area contributed by atoms with Gasteiger partial charge in [0.25, 0.3) is 0 Å². The van der Waals surface area contributed by atoms with Crippen molar-refractivity contribution in [1.82, 2.24) is 14.3 Å². The number of aromatic nitrogens is 3. The molecule has 7 heteroatoms. The van der Waals surface area contributed by atoms with E-state index in [0.717, 1.165) is 46.2 Å². The molecule has 0 amide bonds. The Morgan fingerprint density at radius 1 is 0.867 bits per heavy atom. The van der Waals surface area contributed by atoms with Crippen molar-refractivity contribution in [1.29, 1.82) is 0 Å². The second-order valence-corrected chi connectivity index (χ2v) is 8.90. The smallest absolute Gasteiger partial charge is 0.103 e. The normalized spacial score (nSPS) is 11.9. The highest BCUT2D eigenvalue weighted by Gasteiger charge is 2.05. The van der Waals surface area contributed by atoms with Gasteiger partial charge in [-0.3, -0.25) is 0 Å². The molecule has 3 aromatic heterocycles. The Bertz CT molecular complexity index is 941. The van der Waals surface area contributed by atoms with Gasteiger partial charge in [0.05, 0.1) is 29.3 Å². The lowest BCUT2D eigenvalue weighted by atomic mass is 10.2. The summed E-state index contributed by atoms with van der Waals surface area (Å²) < 4.78 is 5.08. The molecule has 0 saturated carbocycles. The minimum absolute atomic E-state index is 0.812. The molecule has 0 fully saturated rings. The minimum Gasteiger partial charge on any atom is -0.246 e. The standard InChI is InChI=1S/C23H29IN5P/c1-3-5-10-20-12-14-22(24)28(20)25-16-18-8-7-9-19(27-18)17-26-29-21(11-6-4-2)13-15-23(29)30/h7-9,12-17H,3-6,10-11,30H2,1-2H3/b25-16+,26-17+. The number of nitrogens with zero attached hydrogens (tertiary/aromatic N) is 5. The van der Waals surface area contributed by atoms with Gasteiger partial charge in [0.2, 0.25) is 0 Å². The third kappa shape index (κ3) is 6.11. The van der Waals surface area contributed by atoms with Crippen LogP contribution in [0.15, 0.2) is 52.7 Å². The van der Waals surface area contributed by atoms with Crippen molar-refractivity contribution in [3.05, 3.63) is 68.9 Å². The van der Waals surface area contributed by atoms with Gasteiger partial charge in [-0.1, -0.05) is 42.0 Å². The average Bonchev–Trinajstić information content (AvgIpc) is 3.29. The summed E-state index contributed by atoms with van der Waals surface area (Å²) in [5.41, 5.74) is 5.13. The molecular weight excluding hydrogens is 504 g/mol. The fourth-order valence-electron chi connectivity index (χ4n) is 3.14. The van der Waals surface area contributed by atoms with Crippen molar-refractivity contribution in [3.63, 3.8) is 0 Å². The van der Waals surface area contributed by atoms with Crippen LogP contribution >= 0.6 is 31.8 Å². The summed E-state index contributed by atoms with van der Waals surface area (Å²) in [5.74, 6) is 0. The van der Waals surface area contributed by atoms with Crippen LogP contribution < -0.4 is 5.44 Å². The summed E-state index contributed by atoms with van der Waals surface area (Å²) in [7, 11) is 2.75. The lowest BCUT2D eigenvalue weighted by molar-refractivity contribution is 0.717. The molecule has 0 saturated heterocycles. The van der Waals surface area contributed by atoms with E-state index in [1.807, 2.05) is 40.0 Å². The number of pyridine rings is 1. The maximum Gasteiger partial charge on any atom is 0.103 e. The third-order valence-electron chi connectivity index (χ3n) is 4.83. The first-order chi connectivity index (χ1) is 14.6. The van der Waals surface area contributed by atoms with Crippen molar-refractivity contribution in [3.8, 4) is 0 Å². The molecule has 0 bridgehead atoms. The van der Waals surface area contributed by atoms with Crippen LogP contribution in [0.25, 0.3) is 0 Å². The van der Waals surface area contributed by atoms with Gasteiger partial charge in [-0.25, -0.2) is 14.3 Å². The number of aryl methyl sites for hydroxylation is 2. The molecule has 0 spiro atoms. The number of hydrogen-bond donors (Lipinski definition) is 0. The van der Waals surface area contributed by atoms with Gasteiger partial charge >= 0.3 is 0 Å². The summed E-state index contributed by atoms with van der Waals surface area (Å²) in [6.45, 7) is 4.41. The molecule has 0 aromatic carbocycles. The van der Waals surface area contributed by atoms with Gasteiger partial charge in [-0.05, 0) is 84.7 Å². The fraction of sp³-hybridized carbons (Fsp3) is 0.348. The summed E-state index contributed by atoms with van der Waals surface area (Å²) in [5, 5.41) is 9.33. The van der Waals surface area contributed by atoms with E-state index in [2.05, 4.69) is 85.1 Å². The van der Waals surface area contributed by atoms with E-state index in [-0.39, 0.29) is 0 Å². The van der Waals surface area contributed by atoms with Crippen molar-refractivity contribution in [2.45, 2.75) is 52.4 Å². The predicted octanol–water partition coefficient (Wildman–Crippen LogP) is 5.24. The molecule has 0 aliphatic carbocycles. The molecule has 0 aliphatic heterocycles. The van der Waals surface area contributed by atoms with E-state index in [9.17, 15) is 0 Å². The maximum absolute atomic E-state index is 4.68. The van der Waals surface area contributed by atoms with E-state index in [1.165, 1.54) is 24.2 Å². The van der Waals surface area contributed by atoms with E-state index in [1.54, 1.807) is 0 Å². The number of rotatable bonds is 10. The Kier molecular flexibility index (Phi) is 8.82. The van der Waals surface area contributed by atoms with Crippen LogP contribution in [0.3, 0.4) is 0 Å². The molecule has 1 atom stereocenters. The Morgan fingerprint density at radius 3 is 2.07 bits per heavy atom. The average molecular weight is 533 g/mol.